The van der Waals surface area contributed by atoms with Crippen molar-refractivity contribution in [1.82, 2.24) is 14.9 Å². The maximum atomic E-state index is 12.3. The Balaban J connectivity index is 2.18. The Morgan fingerprint density at radius 1 is 1.58 bits per heavy atom. The molecule has 1 aromatic heterocycles. The molecular weight excluding hydrogens is 384 g/mol. The maximum absolute atomic E-state index is 12.3. The van der Waals surface area contributed by atoms with Crippen LogP contribution in [0.2, 0.25) is 0 Å². The van der Waals surface area contributed by atoms with Gasteiger partial charge < -0.3 is 19.5 Å². The molecule has 1 amide bonds. The number of carbonyl (C=O) groups is 1. The van der Waals surface area contributed by atoms with Gasteiger partial charge in [0, 0.05) is 24.7 Å². The summed E-state index contributed by atoms with van der Waals surface area (Å²) >= 11 is 0. The SMILES string of the molecule is Cc1cn([C@H]2C[C@H](OP(N)O)[C@@H](CNC(=O)C(F)(F)F)O2)c(=O)[nH]c1=O. The molecule has 0 saturated carbocycles. The van der Waals surface area contributed by atoms with Crippen molar-refractivity contribution in [3.05, 3.63) is 32.6 Å². The molecule has 1 aliphatic heterocycles. The molecule has 0 aliphatic carbocycles. The second-order valence-corrected chi connectivity index (χ2v) is 6.31. The van der Waals surface area contributed by atoms with Crippen LogP contribution in [0.15, 0.2) is 15.8 Å². The molecule has 1 aromatic rings. The van der Waals surface area contributed by atoms with E-state index in [-0.39, 0.29) is 12.0 Å². The van der Waals surface area contributed by atoms with Gasteiger partial charge in [-0.25, -0.2) is 4.79 Å². The average Bonchev–Trinajstić information content (AvgIpc) is 2.89. The van der Waals surface area contributed by atoms with Crippen LogP contribution >= 0.6 is 8.53 Å². The molecule has 5 N–H and O–H groups in total. The molecule has 1 fully saturated rings. The maximum Gasteiger partial charge on any atom is 0.471 e. The Labute approximate surface area is 145 Å². The van der Waals surface area contributed by atoms with Gasteiger partial charge in [0.05, 0.1) is 6.10 Å². The van der Waals surface area contributed by atoms with Crippen molar-refractivity contribution in [3.63, 3.8) is 0 Å². The van der Waals surface area contributed by atoms with E-state index in [1.54, 1.807) is 5.32 Å². The number of amides is 1. The van der Waals surface area contributed by atoms with Gasteiger partial charge in [0.25, 0.3) is 5.56 Å². The molecular formula is C12H16F3N4O6P. The zero-order valence-corrected chi connectivity index (χ0v) is 14.2. The number of ether oxygens (including phenoxy) is 1. The zero-order valence-electron chi connectivity index (χ0n) is 13.3. The van der Waals surface area contributed by atoms with E-state index >= 15 is 0 Å². The number of rotatable bonds is 5. The number of nitrogens with one attached hydrogen (secondary N) is 2. The quantitative estimate of drug-likeness (QED) is 0.481. The fourth-order valence-electron chi connectivity index (χ4n) is 2.40. The van der Waals surface area contributed by atoms with E-state index in [4.69, 9.17) is 14.8 Å². The van der Waals surface area contributed by atoms with Crippen molar-refractivity contribution in [2.45, 2.75) is 38.0 Å². The first kappa shape index (κ1) is 20.5. The second-order valence-electron chi connectivity index (χ2n) is 5.50. The van der Waals surface area contributed by atoms with Crippen molar-refractivity contribution in [2.24, 2.45) is 5.50 Å². The number of aromatic amines is 1. The standard InChI is InChI=1S/C12H16F3N4O6P/c1-5-4-19(11(22)18-9(5)20)8-2-6(25-26(16)23)7(24-8)3-17-10(21)12(13,14)15/h4,6-8,23H,2-3,16H2,1H3,(H,17,21)(H,18,20,22)/t6-,7+,8+,26?/m0/s1. The van der Waals surface area contributed by atoms with E-state index in [1.807, 2.05) is 0 Å². The number of nitrogens with zero attached hydrogens (tertiary/aromatic N) is 1. The van der Waals surface area contributed by atoms with Crippen LogP contribution in [0.3, 0.4) is 0 Å². The fourth-order valence-corrected chi connectivity index (χ4v) is 2.90. The molecule has 0 radical (unpaired) electrons. The lowest BCUT2D eigenvalue weighted by Crippen LogP contribution is -2.43. The molecule has 146 valence electrons. The zero-order chi connectivity index (χ0) is 19.6. The third-order valence-electron chi connectivity index (χ3n) is 3.60. The molecule has 4 atom stereocenters. The number of halogens is 3. The Bertz CT molecular complexity index is 779. The van der Waals surface area contributed by atoms with Gasteiger partial charge in [-0.15, -0.1) is 0 Å². The highest BCUT2D eigenvalue weighted by atomic mass is 31.2. The molecule has 26 heavy (non-hydrogen) atoms. The number of nitrogens with two attached hydrogens (primary N) is 1. The Kier molecular flexibility index (Phi) is 6.19. The van der Waals surface area contributed by atoms with Crippen molar-refractivity contribution < 1.29 is 32.1 Å². The van der Waals surface area contributed by atoms with Crippen LogP contribution < -0.4 is 22.1 Å². The summed E-state index contributed by atoms with van der Waals surface area (Å²) < 4.78 is 48.4. The Morgan fingerprint density at radius 2 is 2.23 bits per heavy atom. The summed E-state index contributed by atoms with van der Waals surface area (Å²) in [5.41, 5.74) is 4.01. The van der Waals surface area contributed by atoms with E-state index in [0.717, 1.165) is 4.57 Å². The van der Waals surface area contributed by atoms with Gasteiger partial charge >= 0.3 is 17.8 Å². The highest BCUT2D eigenvalue weighted by Crippen LogP contribution is 2.36. The highest BCUT2D eigenvalue weighted by molar-refractivity contribution is 7.43. The molecule has 0 aromatic carbocycles. The molecule has 2 heterocycles. The summed E-state index contributed by atoms with van der Waals surface area (Å²) in [7, 11) is -2.35. The third-order valence-corrected chi connectivity index (χ3v) is 4.09. The number of H-pyrrole nitrogens is 1. The first-order chi connectivity index (χ1) is 12.0. The summed E-state index contributed by atoms with van der Waals surface area (Å²) in [5, 5.41) is 1.65. The van der Waals surface area contributed by atoms with Gasteiger partial charge in [-0.3, -0.25) is 24.6 Å². The Morgan fingerprint density at radius 3 is 2.81 bits per heavy atom. The van der Waals surface area contributed by atoms with Crippen LogP contribution in [0.5, 0.6) is 0 Å². The lowest BCUT2D eigenvalue weighted by atomic mass is 10.2. The van der Waals surface area contributed by atoms with E-state index in [2.05, 4.69) is 4.98 Å². The van der Waals surface area contributed by atoms with Crippen molar-refractivity contribution in [3.8, 4) is 0 Å². The van der Waals surface area contributed by atoms with Crippen LogP contribution in [0, 0.1) is 6.92 Å². The summed E-state index contributed by atoms with van der Waals surface area (Å²) in [4.78, 5) is 45.5. The van der Waals surface area contributed by atoms with Gasteiger partial charge in [-0.05, 0) is 6.92 Å². The molecule has 1 aliphatic rings. The number of hydrogen-bond donors (Lipinski definition) is 4. The molecule has 1 saturated heterocycles. The van der Waals surface area contributed by atoms with Crippen LogP contribution in [0.1, 0.15) is 18.2 Å². The lowest BCUT2D eigenvalue weighted by Gasteiger charge is -2.20. The molecule has 1 unspecified atom stereocenters. The summed E-state index contributed by atoms with van der Waals surface area (Å²) in [6.45, 7) is 0.866. The molecule has 14 heteroatoms. The normalized spacial score (nSPS) is 24.5. The molecule has 0 spiro atoms. The van der Waals surface area contributed by atoms with Gasteiger partial charge in [-0.2, -0.15) is 13.2 Å². The third kappa shape index (κ3) is 4.89. The minimum Gasteiger partial charge on any atom is -0.350 e. The largest absolute Gasteiger partial charge is 0.471 e. The second kappa shape index (κ2) is 7.84. The van der Waals surface area contributed by atoms with Gasteiger partial charge in [-0.1, -0.05) is 0 Å². The fraction of sp³-hybridized carbons (Fsp3) is 0.583. The van der Waals surface area contributed by atoms with Crippen LogP contribution in [0.4, 0.5) is 13.2 Å². The summed E-state index contributed by atoms with van der Waals surface area (Å²) in [6, 6.07) is 0. The topological polar surface area (TPSA) is 149 Å². The first-order valence-electron chi connectivity index (χ1n) is 7.22. The van der Waals surface area contributed by atoms with Crippen molar-refractivity contribution >= 4 is 14.4 Å². The lowest BCUT2D eigenvalue weighted by molar-refractivity contribution is -0.174. The van der Waals surface area contributed by atoms with Crippen LogP contribution in [-0.2, 0) is 14.1 Å². The average molecular weight is 400 g/mol. The molecule has 0 bridgehead atoms. The first-order valence-corrected chi connectivity index (χ1v) is 8.50. The van der Waals surface area contributed by atoms with Crippen molar-refractivity contribution in [2.75, 3.05) is 6.54 Å². The van der Waals surface area contributed by atoms with Crippen LogP contribution in [-0.4, -0.2) is 45.3 Å². The Hall–Kier alpha value is -1.79. The minimum atomic E-state index is -5.07. The number of aromatic nitrogens is 2. The predicted octanol–water partition coefficient (Wildman–Crippen LogP) is -0.626. The predicted molar refractivity (Wildman–Crippen MR) is 81.9 cm³/mol. The van der Waals surface area contributed by atoms with E-state index in [9.17, 15) is 32.4 Å². The number of hydrogen-bond acceptors (Lipinski definition) is 7. The number of alkyl halides is 3. The van der Waals surface area contributed by atoms with Gasteiger partial charge in [0.1, 0.15) is 12.3 Å². The van der Waals surface area contributed by atoms with E-state index in [0.29, 0.717) is 0 Å². The van der Waals surface area contributed by atoms with E-state index < -0.39 is 56.8 Å². The number of carbonyl (C=O) groups excluding carboxylic acids is 1. The molecule has 10 nitrogen and oxygen atoms in total. The molecule has 2 rings (SSSR count). The van der Waals surface area contributed by atoms with Crippen molar-refractivity contribution in [1.29, 1.82) is 0 Å². The van der Waals surface area contributed by atoms with Gasteiger partial charge in [0.2, 0.25) is 8.53 Å². The highest BCUT2D eigenvalue weighted by Gasteiger charge is 2.42. The monoisotopic (exact) mass is 400 g/mol. The van der Waals surface area contributed by atoms with E-state index in [1.165, 1.54) is 13.1 Å². The number of aryl methyl sites for hydroxylation is 1. The summed E-state index contributed by atoms with van der Waals surface area (Å²) in [6.07, 6.45) is -6.97. The minimum absolute atomic E-state index is 0.0471. The van der Waals surface area contributed by atoms with Gasteiger partial charge in [0.15, 0.2) is 0 Å². The summed E-state index contributed by atoms with van der Waals surface area (Å²) in [5.74, 6) is -2.17. The van der Waals surface area contributed by atoms with Crippen LogP contribution in [0.25, 0.3) is 0 Å². The smallest absolute Gasteiger partial charge is 0.350 e.